The summed E-state index contributed by atoms with van der Waals surface area (Å²) in [5, 5.41) is 11.5. The topological polar surface area (TPSA) is 99.0 Å². The maximum absolute atomic E-state index is 12.4. The van der Waals surface area contributed by atoms with Crippen LogP contribution in [0.3, 0.4) is 0 Å². The number of esters is 2. The number of nitrogens with zero attached hydrogens (tertiary/aromatic N) is 2. The molecule has 28 heavy (non-hydrogen) atoms. The lowest BCUT2D eigenvalue weighted by Gasteiger charge is -2.28. The molecule has 1 aliphatic rings. The van der Waals surface area contributed by atoms with Crippen molar-refractivity contribution in [2.24, 2.45) is 0 Å². The smallest absolute Gasteiger partial charge is 0.343 e. The van der Waals surface area contributed by atoms with E-state index in [-0.39, 0.29) is 17.0 Å². The third kappa shape index (κ3) is 4.28. The second-order valence-corrected chi connectivity index (χ2v) is 6.41. The fourth-order valence-electron chi connectivity index (χ4n) is 3.14. The van der Waals surface area contributed by atoms with Crippen LogP contribution in [0.5, 0.6) is 5.75 Å². The van der Waals surface area contributed by atoms with Gasteiger partial charge < -0.3 is 14.4 Å². The van der Waals surface area contributed by atoms with E-state index in [2.05, 4.69) is 4.74 Å². The minimum absolute atomic E-state index is 0.0875. The quantitative estimate of drug-likeness (QED) is 0.336. The molecular formula is C20H20N2O6. The van der Waals surface area contributed by atoms with Crippen LogP contribution >= 0.6 is 0 Å². The summed E-state index contributed by atoms with van der Waals surface area (Å²) in [7, 11) is 1.27. The van der Waals surface area contributed by atoms with Crippen molar-refractivity contribution >= 4 is 23.3 Å². The fraction of sp³-hybridized carbons (Fsp3) is 0.300. The molecule has 0 atom stereocenters. The molecule has 2 aromatic carbocycles. The van der Waals surface area contributed by atoms with Crippen molar-refractivity contribution in [3.05, 3.63) is 63.7 Å². The average molecular weight is 384 g/mol. The molecule has 1 saturated heterocycles. The van der Waals surface area contributed by atoms with Crippen LogP contribution in [0.15, 0.2) is 42.5 Å². The van der Waals surface area contributed by atoms with Crippen LogP contribution in [-0.2, 0) is 4.74 Å². The molecule has 0 spiro atoms. The molecule has 0 bridgehead atoms. The van der Waals surface area contributed by atoms with E-state index < -0.39 is 16.9 Å². The highest BCUT2D eigenvalue weighted by atomic mass is 16.6. The number of carbonyl (C=O) groups excluding carboxylic acids is 2. The molecule has 3 rings (SSSR count). The summed E-state index contributed by atoms with van der Waals surface area (Å²) in [6.45, 7) is 1.52. The number of nitro benzene ring substituents is 1. The van der Waals surface area contributed by atoms with Gasteiger partial charge in [-0.15, -0.1) is 0 Å². The minimum Gasteiger partial charge on any atom is -0.465 e. The number of anilines is 1. The Morgan fingerprint density at radius 3 is 2.21 bits per heavy atom. The Labute approximate surface area is 161 Å². The van der Waals surface area contributed by atoms with E-state index in [1.165, 1.54) is 43.5 Å². The van der Waals surface area contributed by atoms with Crippen LogP contribution in [0.25, 0.3) is 0 Å². The van der Waals surface area contributed by atoms with Crippen LogP contribution in [0, 0.1) is 10.1 Å². The van der Waals surface area contributed by atoms with Gasteiger partial charge in [0.1, 0.15) is 11.4 Å². The lowest BCUT2D eigenvalue weighted by atomic mass is 10.1. The normalized spacial score (nSPS) is 13.7. The number of nitro groups is 1. The van der Waals surface area contributed by atoms with Gasteiger partial charge in [0.15, 0.2) is 0 Å². The summed E-state index contributed by atoms with van der Waals surface area (Å²) in [6.07, 6.45) is 3.09. The van der Waals surface area contributed by atoms with E-state index in [1.54, 1.807) is 6.07 Å². The van der Waals surface area contributed by atoms with Crippen molar-refractivity contribution in [3.63, 3.8) is 0 Å². The van der Waals surface area contributed by atoms with Crippen LogP contribution in [0.4, 0.5) is 11.4 Å². The lowest BCUT2D eigenvalue weighted by Crippen LogP contribution is -2.30. The molecule has 0 aliphatic carbocycles. The second kappa shape index (κ2) is 8.51. The number of benzene rings is 2. The standard InChI is InChI=1S/C20H20N2O6/c1-27-19(23)14-5-8-16(9-6-14)28-20(24)15-7-10-17(18(13-15)22(25)26)21-11-3-2-4-12-21/h5-10,13H,2-4,11-12H2,1H3. The number of methoxy groups -OCH3 is 1. The first-order valence-electron chi connectivity index (χ1n) is 8.93. The van der Waals surface area contributed by atoms with E-state index in [4.69, 9.17) is 4.74 Å². The van der Waals surface area contributed by atoms with Gasteiger partial charge in [-0.25, -0.2) is 9.59 Å². The fourth-order valence-corrected chi connectivity index (χ4v) is 3.14. The number of piperidine rings is 1. The van der Waals surface area contributed by atoms with Gasteiger partial charge in [-0.1, -0.05) is 0 Å². The molecule has 0 unspecified atom stereocenters. The number of hydrogen-bond donors (Lipinski definition) is 0. The van der Waals surface area contributed by atoms with Crippen LogP contribution in [0.2, 0.25) is 0 Å². The predicted octanol–water partition coefficient (Wildman–Crippen LogP) is 3.59. The number of hydrogen-bond acceptors (Lipinski definition) is 7. The van der Waals surface area contributed by atoms with Gasteiger partial charge >= 0.3 is 11.9 Å². The van der Waals surface area contributed by atoms with Crippen LogP contribution in [-0.4, -0.2) is 37.1 Å². The summed E-state index contributed by atoms with van der Waals surface area (Å²) in [6, 6.07) is 10.2. The molecule has 1 aliphatic heterocycles. The molecule has 1 fully saturated rings. The Balaban J connectivity index is 1.78. The van der Waals surface area contributed by atoms with Gasteiger partial charge in [0.05, 0.1) is 23.2 Å². The van der Waals surface area contributed by atoms with E-state index in [0.29, 0.717) is 11.3 Å². The monoisotopic (exact) mass is 384 g/mol. The van der Waals surface area contributed by atoms with Crippen molar-refractivity contribution in [2.45, 2.75) is 19.3 Å². The Bertz CT molecular complexity index is 888. The van der Waals surface area contributed by atoms with Crippen LogP contribution < -0.4 is 9.64 Å². The maximum Gasteiger partial charge on any atom is 0.343 e. The maximum atomic E-state index is 12.4. The van der Waals surface area contributed by atoms with Crippen molar-refractivity contribution < 1.29 is 24.0 Å². The van der Waals surface area contributed by atoms with E-state index in [0.717, 1.165) is 32.4 Å². The SMILES string of the molecule is COC(=O)c1ccc(OC(=O)c2ccc(N3CCCCC3)c([N+](=O)[O-])c2)cc1. The summed E-state index contributed by atoms with van der Waals surface area (Å²) in [5.74, 6) is -0.985. The molecule has 0 N–H and O–H groups in total. The number of rotatable bonds is 5. The van der Waals surface area contributed by atoms with Gasteiger partial charge in [-0.3, -0.25) is 10.1 Å². The first kappa shape index (κ1) is 19.3. The summed E-state index contributed by atoms with van der Waals surface area (Å²) >= 11 is 0. The van der Waals surface area contributed by atoms with Crippen molar-refractivity contribution in [1.82, 2.24) is 0 Å². The van der Waals surface area contributed by atoms with E-state index in [9.17, 15) is 19.7 Å². The first-order chi connectivity index (χ1) is 13.5. The summed E-state index contributed by atoms with van der Waals surface area (Å²) in [5.41, 5.74) is 0.814. The highest BCUT2D eigenvalue weighted by Gasteiger charge is 2.23. The average Bonchev–Trinajstić information content (AvgIpc) is 2.73. The molecule has 0 amide bonds. The zero-order valence-electron chi connectivity index (χ0n) is 15.4. The zero-order chi connectivity index (χ0) is 20.1. The molecule has 146 valence electrons. The van der Waals surface area contributed by atoms with Gasteiger partial charge in [-0.05, 0) is 55.7 Å². The third-order valence-electron chi connectivity index (χ3n) is 4.59. The minimum atomic E-state index is -0.709. The number of carbonyl (C=O) groups is 2. The number of ether oxygens (including phenoxy) is 2. The molecule has 0 saturated carbocycles. The zero-order valence-corrected chi connectivity index (χ0v) is 15.4. The molecule has 0 radical (unpaired) electrons. The van der Waals surface area contributed by atoms with E-state index in [1.807, 2.05) is 4.90 Å². The molecule has 1 heterocycles. The Kier molecular flexibility index (Phi) is 5.88. The predicted molar refractivity (Wildman–Crippen MR) is 102 cm³/mol. The molecular weight excluding hydrogens is 364 g/mol. The second-order valence-electron chi connectivity index (χ2n) is 6.41. The van der Waals surface area contributed by atoms with Gasteiger partial charge in [0.2, 0.25) is 0 Å². The van der Waals surface area contributed by atoms with Crippen LogP contribution in [0.1, 0.15) is 40.0 Å². The highest BCUT2D eigenvalue weighted by molar-refractivity contribution is 5.93. The summed E-state index contributed by atoms with van der Waals surface area (Å²) < 4.78 is 9.87. The first-order valence-corrected chi connectivity index (χ1v) is 8.93. The molecule has 8 nitrogen and oxygen atoms in total. The van der Waals surface area contributed by atoms with Crippen molar-refractivity contribution in [3.8, 4) is 5.75 Å². The van der Waals surface area contributed by atoms with E-state index >= 15 is 0 Å². The molecule has 0 aromatic heterocycles. The highest BCUT2D eigenvalue weighted by Crippen LogP contribution is 2.31. The molecule has 2 aromatic rings. The van der Waals surface area contributed by atoms with Gasteiger partial charge in [-0.2, -0.15) is 0 Å². The Hall–Kier alpha value is -3.42. The summed E-state index contributed by atoms with van der Waals surface area (Å²) in [4.78, 5) is 36.8. The van der Waals surface area contributed by atoms with Gasteiger partial charge in [0, 0.05) is 19.2 Å². The van der Waals surface area contributed by atoms with Crippen molar-refractivity contribution in [2.75, 3.05) is 25.1 Å². The van der Waals surface area contributed by atoms with Crippen molar-refractivity contribution in [1.29, 1.82) is 0 Å². The largest absolute Gasteiger partial charge is 0.465 e. The van der Waals surface area contributed by atoms with Gasteiger partial charge in [0.25, 0.3) is 5.69 Å². The third-order valence-corrected chi connectivity index (χ3v) is 4.59. The lowest BCUT2D eigenvalue weighted by molar-refractivity contribution is -0.384. The Morgan fingerprint density at radius 2 is 1.61 bits per heavy atom. The Morgan fingerprint density at radius 1 is 0.964 bits per heavy atom. The molecule has 8 heteroatoms.